The normalized spacial score (nSPS) is 11.1. The molecular formula is C27H37NO2S. The Kier molecular flexibility index (Phi) is 12.6. The van der Waals surface area contributed by atoms with E-state index in [2.05, 4.69) is 18.3 Å². The highest BCUT2D eigenvalue weighted by molar-refractivity contribution is 7.99. The number of phenols is 1. The molecule has 0 atom stereocenters. The number of carbonyl (C=O) groups excluding carboxylic acids is 1. The highest BCUT2D eigenvalue weighted by Crippen LogP contribution is 2.23. The van der Waals surface area contributed by atoms with E-state index in [1.54, 1.807) is 30.3 Å². The molecule has 0 unspecified atom stereocenters. The van der Waals surface area contributed by atoms with E-state index in [9.17, 15) is 9.90 Å². The maximum absolute atomic E-state index is 12.2. The first-order valence-corrected chi connectivity index (χ1v) is 12.7. The molecule has 2 rings (SSSR count). The molecule has 0 aromatic heterocycles. The second-order valence-corrected chi connectivity index (χ2v) is 9.14. The van der Waals surface area contributed by atoms with Crippen LogP contribution in [-0.2, 0) is 4.79 Å². The maximum Gasteiger partial charge on any atom is 0.248 e. The largest absolute Gasteiger partial charge is 0.508 e. The quantitative estimate of drug-likeness (QED) is 0.168. The molecule has 0 saturated carbocycles. The van der Waals surface area contributed by atoms with Gasteiger partial charge in [0, 0.05) is 16.7 Å². The number of benzene rings is 2. The van der Waals surface area contributed by atoms with Gasteiger partial charge in [0.15, 0.2) is 0 Å². The summed E-state index contributed by atoms with van der Waals surface area (Å²) < 4.78 is 0. The maximum atomic E-state index is 12.2. The van der Waals surface area contributed by atoms with Crippen LogP contribution in [0.1, 0.15) is 76.7 Å². The Labute approximate surface area is 192 Å². The third-order valence-electron chi connectivity index (χ3n) is 5.19. The third kappa shape index (κ3) is 11.7. The van der Waals surface area contributed by atoms with Crippen molar-refractivity contribution in [3.05, 3.63) is 60.2 Å². The van der Waals surface area contributed by atoms with Gasteiger partial charge < -0.3 is 10.4 Å². The van der Waals surface area contributed by atoms with Crippen LogP contribution in [0.25, 0.3) is 6.08 Å². The topological polar surface area (TPSA) is 49.3 Å². The average molecular weight is 440 g/mol. The van der Waals surface area contributed by atoms with Crippen molar-refractivity contribution in [2.24, 2.45) is 0 Å². The number of nitrogens with one attached hydrogen (secondary N) is 1. The summed E-state index contributed by atoms with van der Waals surface area (Å²) >= 11 is 1.86. The summed E-state index contributed by atoms with van der Waals surface area (Å²) in [7, 11) is 0. The van der Waals surface area contributed by atoms with E-state index in [1.807, 2.05) is 30.0 Å². The molecule has 0 heterocycles. The van der Waals surface area contributed by atoms with Crippen LogP contribution in [0.15, 0.2) is 59.5 Å². The zero-order chi connectivity index (χ0) is 22.2. The lowest BCUT2D eigenvalue weighted by Crippen LogP contribution is -2.07. The lowest BCUT2D eigenvalue weighted by Gasteiger charge is -2.06. The van der Waals surface area contributed by atoms with Crippen LogP contribution in [0.2, 0.25) is 0 Å². The Balaban J connectivity index is 1.61. The van der Waals surface area contributed by atoms with Crippen molar-refractivity contribution in [2.45, 2.75) is 76.0 Å². The van der Waals surface area contributed by atoms with Crippen LogP contribution >= 0.6 is 11.8 Å². The smallest absolute Gasteiger partial charge is 0.248 e. The summed E-state index contributed by atoms with van der Waals surface area (Å²) in [6.45, 7) is 2.27. The lowest BCUT2D eigenvalue weighted by molar-refractivity contribution is -0.111. The zero-order valence-corrected chi connectivity index (χ0v) is 19.6. The van der Waals surface area contributed by atoms with E-state index >= 15 is 0 Å². The molecule has 0 saturated heterocycles. The summed E-state index contributed by atoms with van der Waals surface area (Å²) in [5, 5.41) is 12.2. The molecule has 3 nitrogen and oxygen atoms in total. The number of anilines is 1. The molecule has 31 heavy (non-hydrogen) atoms. The molecule has 4 heteroatoms. The fourth-order valence-corrected chi connectivity index (χ4v) is 4.35. The first kappa shape index (κ1) is 25.1. The van der Waals surface area contributed by atoms with E-state index in [0.29, 0.717) is 0 Å². The molecule has 2 aromatic rings. The number of aromatic hydroxyl groups is 1. The predicted octanol–water partition coefficient (Wildman–Crippen LogP) is 8.06. The second-order valence-electron chi connectivity index (χ2n) is 7.97. The van der Waals surface area contributed by atoms with E-state index in [0.717, 1.165) is 17.0 Å². The predicted molar refractivity (Wildman–Crippen MR) is 135 cm³/mol. The molecular weight excluding hydrogens is 402 g/mol. The Bertz CT molecular complexity index is 786. The summed E-state index contributed by atoms with van der Waals surface area (Å²) in [6.07, 6.45) is 16.8. The van der Waals surface area contributed by atoms with Crippen molar-refractivity contribution < 1.29 is 9.90 Å². The highest BCUT2D eigenvalue weighted by atomic mass is 32.2. The Morgan fingerprint density at radius 3 is 2.23 bits per heavy atom. The van der Waals surface area contributed by atoms with Crippen molar-refractivity contribution >= 4 is 29.4 Å². The SMILES string of the molecule is CCCCCCCCCCCCSc1cccc(NC(=O)C=Cc2ccc(O)cc2)c1. The number of thioether (sulfide) groups is 1. The fraction of sp³-hybridized carbons (Fsp3) is 0.444. The summed E-state index contributed by atoms with van der Waals surface area (Å²) in [6, 6.07) is 14.8. The second kappa shape index (κ2) is 15.6. The fourth-order valence-electron chi connectivity index (χ4n) is 3.38. The zero-order valence-electron chi connectivity index (χ0n) is 18.8. The van der Waals surface area contributed by atoms with Gasteiger partial charge in [0.1, 0.15) is 5.75 Å². The molecule has 0 bridgehead atoms. The Morgan fingerprint density at radius 1 is 0.903 bits per heavy atom. The van der Waals surface area contributed by atoms with Gasteiger partial charge in [-0.3, -0.25) is 4.79 Å². The third-order valence-corrected chi connectivity index (χ3v) is 6.27. The summed E-state index contributed by atoms with van der Waals surface area (Å²) in [5.41, 5.74) is 1.68. The first-order valence-electron chi connectivity index (χ1n) is 11.7. The van der Waals surface area contributed by atoms with Crippen LogP contribution in [0.5, 0.6) is 5.75 Å². The van der Waals surface area contributed by atoms with Crippen LogP contribution < -0.4 is 5.32 Å². The minimum Gasteiger partial charge on any atom is -0.508 e. The monoisotopic (exact) mass is 439 g/mol. The molecule has 2 N–H and O–H groups in total. The van der Waals surface area contributed by atoms with Crippen molar-refractivity contribution in [1.29, 1.82) is 0 Å². The number of phenolic OH excluding ortho intramolecular Hbond substituents is 1. The average Bonchev–Trinajstić information content (AvgIpc) is 2.77. The van der Waals surface area contributed by atoms with Crippen LogP contribution in [0, 0.1) is 0 Å². The van der Waals surface area contributed by atoms with E-state index in [-0.39, 0.29) is 11.7 Å². The van der Waals surface area contributed by atoms with Crippen LogP contribution in [0.4, 0.5) is 5.69 Å². The highest BCUT2D eigenvalue weighted by Gasteiger charge is 2.01. The molecule has 0 aliphatic carbocycles. The van der Waals surface area contributed by atoms with Crippen molar-refractivity contribution in [2.75, 3.05) is 11.1 Å². The molecule has 0 fully saturated rings. The molecule has 0 radical (unpaired) electrons. The Morgan fingerprint density at radius 2 is 1.55 bits per heavy atom. The minimum absolute atomic E-state index is 0.162. The molecule has 0 aliphatic heterocycles. The van der Waals surface area contributed by atoms with Crippen molar-refractivity contribution in [1.82, 2.24) is 0 Å². The molecule has 1 amide bonds. The number of carbonyl (C=O) groups is 1. The Hall–Kier alpha value is -2.20. The van der Waals surface area contributed by atoms with Crippen molar-refractivity contribution in [3.8, 4) is 5.75 Å². The lowest BCUT2D eigenvalue weighted by atomic mass is 10.1. The van der Waals surface area contributed by atoms with Gasteiger partial charge in [-0.2, -0.15) is 0 Å². The van der Waals surface area contributed by atoms with Gasteiger partial charge in [0.25, 0.3) is 0 Å². The van der Waals surface area contributed by atoms with Crippen molar-refractivity contribution in [3.63, 3.8) is 0 Å². The molecule has 168 valence electrons. The van der Waals surface area contributed by atoms with Gasteiger partial charge in [-0.15, -0.1) is 11.8 Å². The van der Waals surface area contributed by atoms with Crippen LogP contribution in [0.3, 0.4) is 0 Å². The number of unbranched alkanes of at least 4 members (excludes halogenated alkanes) is 9. The van der Waals surface area contributed by atoms with Gasteiger partial charge in [-0.25, -0.2) is 0 Å². The standard InChI is InChI=1S/C27H37NO2S/c1-2-3-4-5-6-7-8-9-10-11-21-31-26-14-12-13-24(22-26)28-27(30)20-17-23-15-18-25(29)19-16-23/h12-20,22,29H,2-11,21H2,1H3,(H,28,30). The van der Waals surface area contributed by atoms with Gasteiger partial charge >= 0.3 is 0 Å². The number of hydrogen-bond donors (Lipinski definition) is 2. The minimum atomic E-state index is -0.162. The van der Waals surface area contributed by atoms with E-state index in [1.165, 1.54) is 75.2 Å². The van der Waals surface area contributed by atoms with Crippen LogP contribution in [-0.4, -0.2) is 16.8 Å². The molecule has 2 aromatic carbocycles. The first-order chi connectivity index (χ1) is 15.2. The van der Waals surface area contributed by atoms with Gasteiger partial charge in [-0.05, 0) is 54.1 Å². The number of hydrogen-bond acceptors (Lipinski definition) is 3. The van der Waals surface area contributed by atoms with Gasteiger partial charge in [0.2, 0.25) is 5.91 Å². The van der Waals surface area contributed by atoms with Gasteiger partial charge in [0.05, 0.1) is 0 Å². The molecule has 0 spiro atoms. The van der Waals surface area contributed by atoms with Gasteiger partial charge in [-0.1, -0.05) is 82.9 Å². The number of rotatable bonds is 15. The molecule has 0 aliphatic rings. The summed E-state index contributed by atoms with van der Waals surface area (Å²) in [5.74, 6) is 1.17. The summed E-state index contributed by atoms with van der Waals surface area (Å²) in [4.78, 5) is 13.4. The van der Waals surface area contributed by atoms with E-state index in [4.69, 9.17) is 0 Å². The number of amides is 1. The van der Waals surface area contributed by atoms with E-state index < -0.39 is 0 Å².